The van der Waals surface area contributed by atoms with Crippen LogP contribution in [0.3, 0.4) is 0 Å². The SMILES string of the molecule is C=CC(=O)OCCCC.C=COC(C)=O.O=C1C=CC(=O)O1. The van der Waals surface area contributed by atoms with E-state index in [-0.39, 0.29) is 11.9 Å². The Hall–Kier alpha value is -2.70. The van der Waals surface area contributed by atoms with Gasteiger partial charge in [0.25, 0.3) is 0 Å². The first-order chi connectivity index (χ1) is 10.4. The van der Waals surface area contributed by atoms with Crippen molar-refractivity contribution in [1.29, 1.82) is 0 Å². The number of unbranched alkanes of at least 4 members (excludes halogenated alkanes) is 1. The van der Waals surface area contributed by atoms with Crippen molar-refractivity contribution in [3.05, 3.63) is 37.6 Å². The molecule has 0 unspecified atom stereocenters. The molecular formula is C15H20O7. The van der Waals surface area contributed by atoms with E-state index in [4.69, 9.17) is 0 Å². The summed E-state index contributed by atoms with van der Waals surface area (Å²) in [6, 6.07) is 0. The molecule has 0 atom stereocenters. The maximum absolute atomic E-state index is 10.3. The highest BCUT2D eigenvalue weighted by Crippen LogP contribution is 1.92. The molecule has 0 saturated carbocycles. The van der Waals surface area contributed by atoms with Crippen LogP contribution in [0.25, 0.3) is 0 Å². The van der Waals surface area contributed by atoms with Gasteiger partial charge in [-0.1, -0.05) is 26.5 Å². The minimum Gasteiger partial charge on any atom is -0.463 e. The van der Waals surface area contributed by atoms with Gasteiger partial charge in [0.2, 0.25) is 0 Å². The highest BCUT2D eigenvalue weighted by atomic mass is 16.6. The predicted molar refractivity (Wildman–Crippen MR) is 78.3 cm³/mol. The third-order valence-corrected chi connectivity index (χ3v) is 1.71. The van der Waals surface area contributed by atoms with Gasteiger partial charge < -0.3 is 14.2 Å². The molecule has 1 aliphatic rings. The van der Waals surface area contributed by atoms with E-state index in [0.29, 0.717) is 6.61 Å². The van der Waals surface area contributed by atoms with Gasteiger partial charge in [-0.2, -0.15) is 0 Å². The van der Waals surface area contributed by atoms with Crippen molar-refractivity contribution in [3.8, 4) is 0 Å². The van der Waals surface area contributed by atoms with E-state index >= 15 is 0 Å². The quantitative estimate of drug-likeness (QED) is 0.191. The smallest absolute Gasteiger partial charge is 0.338 e. The van der Waals surface area contributed by atoms with Gasteiger partial charge in [-0.05, 0) is 6.42 Å². The van der Waals surface area contributed by atoms with Crippen LogP contribution >= 0.6 is 0 Å². The molecule has 1 heterocycles. The molecule has 0 aromatic carbocycles. The van der Waals surface area contributed by atoms with Crippen LogP contribution in [0.2, 0.25) is 0 Å². The second-order valence-corrected chi connectivity index (χ2v) is 3.57. The highest BCUT2D eigenvalue weighted by molar-refractivity contribution is 6.04. The minimum absolute atomic E-state index is 0.329. The predicted octanol–water partition coefficient (Wildman–Crippen LogP) is 1.83. The Morgan fingerprint density at radius 3 is 2.00 bits per heavy atom. The molecule has 0 aromatic heterocycles. The summed E-state index contributed by atoms with van der Waals surface area (Å²) in [4.78, 5) is 39.9. The summed E-state index contributed by atoms with van der Waals surface area (Å²) in [5.74, 6) is -1.82. The number of hydrogen-bond donors (Lipinski definition) is 0. The number of carbonyl (C=O) groups excluding carboxylic acids is 4. The van der Waals surface area contributed by atoms with Crippen LogP contribution in [0.4, 0.5) is 0 Å². The van der Waals surface area contributed by atoms with Gasteiger partial charge in [0, 0.05) is 25.2 Å². The minimum atomic E-state index is -0.579. The Kier molecular flexibility index (Phi) is 14.4. The molecule has 1 rings (SSSR count). The third-order valence-electron chi connectivity index (χ3n) is 1.71. The largest absolute Gasteiger partial charge is 0.463 e. The average Bonchev–Trinajstić information content (AvgIpc) is 2.83. The molecule has 7 heteroatoms. The molecule has 0 aliphatic carbocycles. The van der Waals surface area contributed by atoms with E-state index in [2.05, 4.69) is 27.4 Å². The lowest BCUT2D eigenvalue weighted by Crippen LogP contribution is -2.00. The number of rotatable bonds is 5. The fourth-order valence-electron chi connectivity index (χ4n) is 0.797. The van der Waals surface area contributed by atoms with Crippen LogP contribution in [0.1, 0.15) is 26.7 Å². The summed E-state index contributed by atoms with van der Waals surface area (Å²) in [6.07, 6.45) is 6.42. The lowest BCUT2D eigenvalue weighted by Gasteiger charge is -1.97. The molecule has 0 bridgehead atoms. The lowest BCUT2D eigenvalue weighted by atomic mass is 10.4. The monoisotopic (exact) mass is 312 g/mol. The number of carbonyl (C=O) groups is 4. The third kappa shape index (κ3) is 17.3. The van der Waals surface area contributed by atoms with Gasteiger partial charge in [0.15, 0.2) is 0 Å². The molecule has 0 fully saturated rings. The highest BCUT2D eigenvalue weighted by Gasteiger charge is 2.10. The second kappa shape index (κ2) is 14.7. The number of hydrogen-bond acceptors (Lipinski definition) is 7. The molecule has 122 valence electrons. The van der Waals surface area contributed by atoms with Gasteiger partial charge in [-0.15, -0.1) is 0 Å². The Bertz CT molecular complexity index is 419. The van der Waals surface area contributed by atoms with Crippen LogP contribution in [0.15, 0.2) is 37.6 Å². The van der Waals surface area contributed by atoms with E-state index in [1.54, 1.807) is 0 Å². The lowest BCUT2D eigenvalue weighted by molar-refractivity contribution is -0.150. The van der Waals surface area contributed by atoms with Crippen LogP contribution in [0, 0.1) is 0 Å². The average molecular weight is 312 g/mol. The van der Waals surface area contributed by atoms with E-state index in [1.165, 1.54) is 13.0 Å². The Labute approximate surface area is 129 Å². The maximum Gasteiger partial charge on any atom is 0.338 e. The normalized spacial score (nSPS) is 11.0. The summed E-state index contributed by atoms with van der Waals surface area (Å²) >= 11 is 0. The first-order valence-electron chi connectivity index (χ1n) is 6.38. The molecule has 7 nitrogen and oxygen atoms in total. The zero-order valence-electron chi connectivity index (χ0n) is 12.7. The zero-order valence-corrected chi connectivity index (χ0v) is 12.7. The van der Waals surface area contributed by atoms with Crippen LogP contribution in [0.5, 0.6) is 0 Å². The van der Waals surface area contributed by atoms with E-state index in [0.717, 1.165) is 31.3 Å². The molecule has 0 aromatic rings. The molecule has 1 aliphatic heterocycles. The Morgan fingerprint density at radius 2 is 1.77 bits per heavy atom. The summed E-state index contributed by atoms with van der Waals surface area (Å²) in [6.45, 7) is 10.3. The molecule has 0 amide bonds. The molecule has 0 spiro atoms. The first kappa shape index (κ1) is 21.6. The van der Waals surface area contributed by atoms with Crippen molar-refractivity contribution in [2.45, 2.75) is 26.7 Å². The Morgan fingerprint density at radius 1 is 1.23 bits per heavy atom. The Balaban J connectivity index is 0. The van der Waals surface area contributed by atoms with E-state index in [9.17, 15) is 19.2 Å². The van der Waals surface area contributed by atoms with Gasteiger partial charge in [-0.25, -0.2) is 14.4 Å². The van der Waals surface area contributed by atoms with E-state index in [1.807, 2.05) is 6.92 Å². The van der Waals surface area contributed by atoms with Crippen LogP contribution in [-0.2, 0) is 33.4 Å². The van der Waals surface area contributed by atoms with Crippen molar-refractivity contribution in [2.24, 2.45) is 0 Å². The van der Waals surface area contributed by atoms with Crippen LogP contribution in [-0.4, -0.2) is 30.5 Å². The second-order valence-electron chi connectivity index (χ2n) is 3.57. The maximum atomic E-state index is 10.3. The fraction of sp³-hybridized carbons (Fsp3) is 0.333. The van der Waals surface area contributed by atoms with Gasteiger partial charge >= 0.3 is 23.9 Å². The summed E-state index contributed by atoms with van der Waals surface area (Å²) in [5, 5.41) is 0. The number of cyclic esters (lactones) is 2. The topological polar surface area (TPSA) is 96.0 Å². The number of esters is 4. The molecule has 22 heavy (non-hydrogen) atoms. The standard InChI is InChI=1S/C7H12O2.C4H2O3.C4H6O2/c1-3-5-6-9-7(8)4-2;5-3-1-2-4(6)7-3;1-3-6-4(2)5/h4H,2-3,5-6H2,1H3;1-2H;3H,1H2,2H3. The molecule has 0 N–H and O–H groups in total. The number of ether oxygens (including phenoxy) is 3. The van der Waals surface area contributed by atoms with Crippen molar-refractivity contribution >= 4 is 23.9 Å². The molecular weight excluding hydrogens is 292 g/mol. The zero-order chi connectivity index (χ0) is 17.4. The van der Waals surface area contributed by atoms with Gasteiger partial charge in [0.05, 0.1) is 12.9 Å². The van der Waals surface area contributed by atoms with Crippen molar-refractivity contribution < 1.29 is 33.4 Å². The summed E-state index contributed by atoms with van der Waals surface area (Å²) in [7, 11) is 0. The molecule has 0 saturated heterocycles. The van der Waals surface area contributed by atoms with Gasteiger partial charge in [0.1, 0.15) is 0 Å². The van der Waals surface area contributed by atoms with Crippen molar-refractivity contribution in [1.82, 2.24) is 0 Å². The van der Waals surface area contributed by atoms with Gasteiger partial charge in [-0.3, -0.25) is 4.79 Å². The van der Waals surface area contributed by atoms with Crippen molar-refractivity contribution in [3.63, 3.8) is 0 Å². The summed E-state index contributed by atoms with van der Waals surface area (Å²) < 4.78 is 12.8. The van der Waals surface area contributed by atoms with Crippen LogP contribution < -0.4 is 0 Å². The summed E-state index contributed by atoms with van der Waals surface area (Å²) in [5.41, 5.74) is 0. The molecule has 0 radical (unpaired) electrons. The first-order valence-corrected chi connectivity index (χ1v) is 6.38. The van der Waals surface area contributed by atoms with Crippen molar-refractivity contribution in [2.75, 3.05) is 6.61 Å². The van der Waals surface area contributed by atoms with E-state index < -0.39 is 11.9 Å². The fourth-order valence-corrected chi connectivity index (χ4v) is 0.797.